The van der Waals surface area contributed by atoms with Gasteiger partial charge in [0, 0.05) is 15.9 Å². The largest absolute Gasteiger partial charge is 0.459 e. The third kappa shape index (κ3) is 2.26. The summed E-state index contributed by atoms with van der Waals surface area (Å²) in [6.45, 7) is 2.17. The number of rotatable bonds is 3. The predicted molar refractivity (Wildman–Crippen MR) is 73.1 cm³/mol. The first-order valence-corrected chi connectivity index (χ1v) is 6.97. The fourth-order valence-electron chi connectivity index (χ4n) is 2.26. The van der Waals surface area contributed by atoms with Crippen LogP contribution in [0.3, 0.4) is 0 Å². The van der Waals surface area contributed by atoms with Crippen LogP contribution in [0.2, 0.25) is 0 Å². The molecular formula is C14H16BrNO. The molecule has 0 saturated heterocycles. The molecule has 3 rings (SSSR count). The van der Waals surface area contributed by atoms with Gasteiger partial charge in [-0.2, -0.15) is 0 Å². The van der Waals surface area contributed by atoms with Crippen LogP contribution in [0.5, 0.6) is 0 Å². The molecule has 1 saturated carbocycles. The van der Waals surface area contributed by atoms with E-state index in [9.17, 15) is 0 Å². The fourth-order valence-corrected chi connectivity index (χ4v) is 2.64. The van der Waals surface area contributed by atoms with Crippen LogP contribution in [0.25, 0.3) is 11.0 Å². The van der Waals surface area contributed by atoms with E-state index in [4.69, 9.17) is 4.42 Å². The molecule has 3 heteroatoms. The number of hydrogen-bond acceptors (Lipinski definition) is 2. The fraction of sp³-hybridized carbons (Fsp3) is 0.429. The van der Waals surface area contributed by atoms with Crippen molar-refractivity contribution in [3.8, 4) is 0 Å². The lowest BCUT2D eigenvalue weighted by Gasteiger charge is -2.29. The van der Waals surface area contributed by atoms with Crippen molar-refractivity contribution in [1.29, 1.82) is 0 Å². The zero-order valence-corrected chi connectivity index (χ0v) is 11.5. The van der Waals surface area contributed by atoms with Crippen molar-refractivity contribution in [3.63, 3.8) is 0 Å². The summed E-state index contributed by atoms with van der Waals surface area (Å²) in [7, 11) is 0. The van der Waals surface area contributed by atoms with Crippen LogP contribution in [-0.2, 0) is 0 Å². The van der Waals surface area contributed by atoms with E-state index in [1.54, 1.807) is 0 Å². The third-order valence-corrected chi connectivity index (χ3v) is 4.01. The molecule has 0 spiro atoms. The van der Waals surface area contributed by atoms with Gasteiger partial charge in [-0.25, -0.2) is 0 Å². The van der Waals surface area contributed by atoms with Crippen molar-refractivity contribution in [2.75, 3.05) is 0 Å². The minimum atomic E-state index is 0.298. The summed E-state index contributed by atoms with van der Waals surface area (Å²) in [4.78, 5) is 0. The maximum atomic E-state index is 5.87. The molecule has 0 aliphatic heterocycles. The minimum Gasteiger partial charge on any atom is -0.459 e. The summed E-state index contributed by atoms with van der Waals surface area (Å²) >= 11 is 3.48. The highest BCUT2D eigenvalue weighted by Gasteiger charge is 2.21. The Morgan fingerprint density at radius 1 is 1.35 bits per heavy atom. The van der Waals surface area contributed by atoms with Gasteiger partial charge in [0.2, 0.25) is 0 Å². The van der Waals surface area contributed by atoms with E-state index in [2.05, 4.69) is 40.3 Å². The van der Waals surface area contributed by atoms with Gasteiger partial charge in [-0.1, -0.05) is 22.4 Å². The van der Waals surface area contributed by atoms with Crippen LogP contribution >= 0.6 is 15.9 Å². The summed E-state index contributed by atoms with van der Waals surface area (Å²) in [5, 5.41) is 4.77. The van der Waals surface area contributed by atoms with Crippen LogP contribution < -0.4 is 5.32 Å². The average molecular weight is 294 g/mol. The van der Waals surface area contributed by atoms with Gasteiger partial charge in [0.1, 0.15) is 11.3 Å². The van der Waals surface area contributed by atoms with E-state index in [0.717, 1.165) is 21.2 Å². The maximum Gasteiger partial charge on any atom is 0.134 e. The summed E-state index contributed by atoms with van der Waals surface area (Å²) < 4.78 is 6.97. The highest BCUT2D eigenvalue weighted by Crippen LogP contribution is 2.28. The minimum absolute atomic E-state index is 0.298. The molecule has 0 radical (unpaired) electrons. The first-order valence-electron chi connectivity index (χ1n) is 6.17. The molecule has 1 fully saturated rings. The summed E-state index contributed by atoms with van der Waals surface area (Å²) in [6, 6.07) is 9.24. The van der Waals surface area contributed by atoms with E-state index in [1.165, 1.54) is 19.3 Å². The van der Waals surface area contributed by atoms with Gasteiger partial charge in [0.05, 0.1) is 6.04 Å². The number of furan rings is 1. The Labute approximate surface area is 110 Å². The molecule has 1 aliphatic carbocycles. The van der Waals surface area contributed by atoms with Crippen LogP contribution in [0.4, 0.5) is 0 Å². The van der Waals surface area contributed by atoms with E-state index < -0.39 is 0 Å². The molecule has 90 valence electrons. The Kier molecular flexibility index (Phi) is 2.97. The molecular weight excluding hydrogens is 278 g/mol. The van der Waals surface area contributed by atoms with Crippen molar-refractivity contribution < 1.29 is 4.42 Å². The highest BCUT2D eigenvalue weighted by atomic mass is 79.9. The van der Waals surface area contributed by atoms with E-state index in [-0.39, 0.29) is 0 Å². The molecule has 0 bridgehead atoms. The van der Waals surface area contributed by atoms with Gasteiger partial charge < -0.3 is 9.73 Å². The first-order chi connectivity index (χ1) is 8.22. The van der Waals surface area contributed by atoms with Crippen LogP contribution in [0.1, 0.15) is 38.0 Å². The summed E-state index contributed by atoms with van der Waals surface area (Å²) in [5.41, 5.74) is 0.963. The molecule has 2 aromatic rings. The van der Waals surface area contributed by atoms with Gasteiger partial charge in [0.15, 0.2) is 0 Å². The average Bonchev–Trinajstić information content (AvgIpc) is 2.65. The van der Waals surface area contributed by atoms with Gasteiger partial charge in [-0.3, -0.25) is 0 Å². The van der Waals surface area contributed by atoms with Gasteiger partial charge >= 0.3 is 0 Å². The number of hydrogen-bond donors (Lipinski definition) is 1. The third-order valence-electron chi connectivity index (χ3n) is 3.52. The Bertz CT molecular complexity index is 530. The zero-order valence-electron chi connectivity index (χ0n) is 9.87. The number of benzene rings is 1. The lowest BCUT2D eigenvalue weighted by Crippen LogP contribution is -2.36. The lowest BCUT2D eigenvalue weighted by molar-refractivity contribution is 0.297. The Morgan fingerprint density at radius 3 is 2.88 bits per heavy atom. The second-order valence-corrected chi connectivity index (χ2v) is 5.76. The van der Waals surface area contributed by atoms with Gasteiger partial charge in [0.25, 0.3) is 0 Å². The monoisotopic (exact) mass is 293 g/mol. The SMILES string of the molecule is CC(NC1CCC1)c1cc2cc(Br)ccc2o1. The second-order valence-electron chi connectivity index (χ2n) is 4.85. The molecule has 1 aromatic carbocycles. The Hall–Kier alpha value is -0.800. The molecule has 1 heterocycles. The van der Waals surface area contributed by atoms with E-state index in [0.29, 0.717) is 12.1 Å². The van der Waals surface area contributed by atoms with Crippen LogP contribution in [0.15, 0.2) is 33.2 Å². The number of fused-ring (bicyclic) bond motifs is 1. The van der Waals surface area contributed by atoms with Crippen LogP contribution in [-0.4, -0.2) is 6.04 Å². The van der Waals surface area contributed by atoms with E-state index >= 15 is 0 Å². The van der Waals surface area contributed by atoms with Crippen LogP contribution in [0, 0.1) is 0 Å². The number of nitrogens with one attached hydrogen (secondary N) is 1. The zero-order chi connectivity index (χ0) is 11.8. The molecule has 1 atom stereocenters. The molecule has 1 N–H and O–H groups in total. The molecule has 1 aliphatic rings. The maximum absolute atomic E-state index is 5.87. The smallest absolute Gasteiger partial charge is 0.134 e. The normalized spacial score (nSPS) is 18.2. The van der Waals surface area contributed by atoms with E-state index in [1.807, 2.05) is 12.1 Å². The molecule has 1 aromatic heterocycles. The quantitative estimate of drug-likeness (QED) is 0.907. The van der Waals surface area contributed by atoms with Gasteiger partial charge in [-0.15, -0.1) is 0 Å². The summed E-state index contributed by atoms with van der Waals surface area (Å²) in [6.07, 6.45) is 3.96. The predicted octanol–water partition coefficient (Wildman–Crippen LogP) is 4.40. The summed E-state index contributed by atoms with van der Waals surface area (Å²) in [5.74, 6) is 1.03. The van der Waals surface area contributed by atoms with Gasteiger partial charge in [-0.05, 0) is 44.0 Å². The Morgan fingerprint density at radius 2 is 2.18 bits per heavy atom. The lowest BCUT2D eigenvalue weighted by atomic mass is 9.92. The second kappa shape index (κ2) is 4.46. The molecule has 0 amide bonds. The molecule has 17 heavy (non-hydrogen) atoms. The van der Waals surface area contributed by atoms with Crippen molar-refractivity contribution in [2.45, 2.75) is 38.3 Å². The molecule has 2 nitrogen and oxygen atoms in total. The topological polar surface area (TPSA) is 25.2 Å². The van der Waals surface area contributed by atoms with Crippen molar-refractivity contribution in [1.82, 2.24) is 5.32 Å². The van der Waals surface area contributed by atoms with Crippen molar-refractivity contribution >= 4 is 26.9 Å². The van der Waals surface area contributed by atoms with Crippen molar-refractivity contribution in [2.24, 2.45) is 0 Å². The standard InChI is InChI=1S/C14H16BrNO/c1-9(16-12-3-2-4-12)14-8-10-7-11(15)5-6-13(10)17-14/h5-9,12,16H,2-4H2,1H3. The Balaban J connectivity index is 1.83. The number of halogens is 1. The van der Waals surface area contributed by atoms with Crippen molar-refractivity contribution in [3.05, 3.63) is 34.5 Å². The molecule has 1 unspecified atom stereocenters. The first kappa shape index (κ1) is 11.3. The highest BCUT2D eigenvalue weighted by molar-refractivity contribution is 9.10.